The van der Waals surface area contributed by atoms with E-state index < -0.39 is 26.5 Å². The van der Waals surface area contributed by atoms with Crippen LogP contribution in [0.1, 0.15) is 232 Å². The number of phosphoric acid groups is 1. The Morgan fingerprint density at radius 1 is 0.508 bits per heavy atom. The highest BCUT2D eigenvalue weighted by atomic mass is 31.2. The van der Waals surface area contributed by atoms with E-state index in [1.54, 1.807) is 0 Å². The van der Waals surface area contributed by atoms with Gasteiger partial charge in [0, 0.05) is 19.4 Å². The van der Waals surface area contributed by atoms with E-state index in [0.29, 0.717) is 6.42 Å². The van der Waals surface area contributed by atoms with Gasteiger partial charge in [0.1, 0.15) is 6.61 Å². The molecule has 0 spiro atoms. The summed E-state index contributed by atoms with van der Waals surface area (Å²) in [6, 6.07) is 0. The Morgan fingerprint density at radius 2 is 0.902 bits per heavy atom. The van der Waals surface area contributed by atoms with Gasteiger partial charge in [0.25, 0.3) is 0 Å². The normalized spacial score (nSPS) is 13.6. The fourth-order valence-electron chi connectivity index (χ4n) is 7.00. The Balaban J connectivity index is 3.95. The van der Waals surface area contributed by atoms with Gasteiger partial charge < -0.3 is 20.1 Å². The summed E-state index contributed by atoms with van der Waals surface area (Å²) in [5.74, 6) is -0.858. The molecule has 10 heteroatoms. The van der Waals surface area contributed by atoms with E-state index in [1.807, 2.05) is 0 Å². The molecule has 0 rings (SSSR count). The van der Waals surface area contributed by atoms with E-state index in [1.165, 1.54) is 141 Å². The third kappa shape index (κ3) is 47.3. The van der Waals surface area contributed by atoms with Gasteiger partial charge in [0.05, 0.1) is 13.2 Å². The molecule has 0 amide bonds. The minimum atomic E-state index is -4.39. The number of ether oxygens (including phenoxy) is 2. The highest BCUT2D eigenvalue weighted by molar-refractivity contribution is 7.47. The van der Waals surface area contributed by atoms with Gasteiger partial charge in [-0.25, -0.2) is 4.57 Å². The molecule has 9 nitrogen and oxygen atoms in total. The first kappa shape index (κ1) is 59.0. The number of hydrogen-bond donors (Lipinski definition) is 2. The van der Waals surface area contributed by atoms with Crippen LogP contribution in [0.4, 0.5) is 0 Å². The molecule has 0 saturated carbocycles. The maximum atomic E-state index is 12.6. The van der Waals surface area contributed by atoms with Crippen molar-refractivity contribution in [1.29, 1.82) is 0 Å². The minimum absolute atomic E-state index is 0.0478. The molecule has 0 aromatic heterocycles. The molecule has 0 radical (unpaired) electrons. The van der Waals surface area contributed by atoms with Crippen LogP contribution in [0.3, 0.4) is 0 Å². The van der Waals surface area contributed by atoms with E-state index in [4.69, 9.17) is 24.3 Å². The number of esters is 2. The van der Waals surface area contributed by atoms with Gasteiger partial charge in [-0.3, -0.25) is 18.6 Å². The van der Waals surface area contributed by atoms with E-state index >= 15 is 0 Å². The first-order valence-electron chi connectivity index (χ1n) is 25.1. The second-order valence-corrected chi connectivity index (χ2v) is 18.1. The summed E-state index contributed by atoms with van der Waals surface area (Å²) in [7, 11) is -4.39. The molecule has 0 fully saturated rings. The zero-order valence-electron chi connectivity index (χ0n) is 39.4. The Kier molecular flexibility index (Phi) is 45.9. The molecule has 0 saturated heterocycles. The van der Waals surface area contributed by atoms with Crippen LogP contribution in [0.2, 0.25) is 0 Å². The fraction of sp³-hybridized carbons (Fsp3) is 0.804. The summed E-state index contributed by atoms with van der Waals surface area (Å²) in [6.07, 6.45) is 56.0. The Labute approximate surface area is 375 Å². The van der Waals surface area contributed by atoms with Crippen LogP contribution < -0.4 is 5.73 Å². The third-order valence-electron chi connectivity index (χ3n) is 10.7. The largest absolute Gasteiger partial charge is 0.472 e. The molecule has 0 aromatic rings. The van der Waals surface area contributed by atoms with Crippen molar-refractivity contribution >= 4 is 19.8 Å². The van der Waals surface area contributed by atoms with Gasteiger partial charge in [-0.1, -0.05) is 197 Å². The van der Waals surface area contributed by atoms with Crippen molar-refractivity contribution in [3.05, 3.63) is 48.6 Å². The lowest BCUT2D eigenvalue weighted by atomic mass is 10.0. The van der Waals surface area contributed by atoms with Gasteiger partial charge in [-0.15, -0.1) is 0 Å². The van der Waals surface area contributed by atoms with Gasteiger partial charge in [0.15, 0.2) is 6.10 Å². The lowest BCUT2D eigenvalue weighted by Crippen LogP contribution is -2.29. The Hall–Kier alpha value is -2.03. The Bertz CT molecular complexity index is 1140. The predicted octanol–water partition coefficient (Wildman–Crippen LogP) is 15.1. The number of rotatable bonds is 47. The number of nitrogens with two attached hydrogens (primary N) is 1. The van der Waals surface area contributed by atoms with E-state index in [9.17, 15) is 19.0 Å². The predicted molar refractivity (Wildman–Crippen MR) is 257 cm³/mol. The van der Waals surface area contributed by atoms with Crippen LogP contribution in [0.25, 0.3) is 0 Å². The fourth-order valence-corrected chi connectivity index (χ4v) is 7.76. The summed E-state index contributed by atoms with van der Waals surface area (Å²) in [6.45, 7) is 3.60. The number of phosphoric ester groups is 1. The van der Waals surface area contributed by atoms with Crippen LogP contribution in [0, 0.1) is 0 Å². The summed E-state index contributed by atoms with van der Waals surface area (Å²) in [5, 5.41) is 0. The molecule has 0 aliphatic carbocycles. The topological polar surface area (TPSA) is 134 Å². The molecular formula is C51H94NO8P. The molecule has 0 aliphatic heterocycles. The molecule has 0 aromatic carbocycles. The number of carbonyl (C=O) groups excluding carboxylic acids is 2. The summed E-state index contributed by atoms with van der Waals surface area (Å²) >= 11 is 0. The third-order valence-corrected chi connectivity index (χ3v) is 11.7. The van der Waals surface area contributed by atoms with Crippen molar-refractivity contribution in [2.24, 2.45) is 5.73 Å². The summed E-state index contributed by atoms with van der Waals surface area (Å²) < 4.78 is 32.8. The highest BCUT2D eigenvalue weighted by Gasteiger charge is 2.26. The van der Waals surface area contributed by atoms with Crippen LogP contribution in [0.15, 0.2) is 48.6 Å². The molecule has 356 valence electrons. The maximum absolute atomic E-state index is 12.6. The Morgan fingerprint density at radius 3 is 1.38 bits per heavy atom. The quantitative estimate of drug-likeness (QED) is 0.0265. The van der Waals surface area contributed by atoms with E-state index in [-0.39, 0.29) is 38.6 Å². The molecular weight excluding hydrogens is 786 g/mol. The second-order valence-electron chi connectivity index (χ2n) is 16.7. The van der Waals surface area contributed by atoms with E-state index in [2.05, 4.69) is 62.5 Å². The van der Waals surface area contributed by atoms with Crippen LogP contribution >= 0.6 is 7.82 Å². The maximum Gasteiger partial charge on any atom is 0.472 e. The summed E-state index contributed by atoms with van der Waals surface area (Å²) in [5.41, 5.74) is 5.35. The lowest BCUT2D eigenvalue weighted by molar-refractivity contribution is -0.161. The zero-order valence-corrected chi connectivity index (χ0v) is 40.3. The average molecular weight is 880 g/mol. The monoisotopic (exact) mass is 880 g/mol. The molecule has 61 heavy (non-hydrogen) atoms. The molecule has 3 N–H and O–H groups in total. The van der Waals surface area contributed by atoms with Crippen LogP contribution in [-0.4, -0.2) is 49.3 Å². The standard InChI is InChI=1S/C51H94NO8P/c1-3-5-7-9-11-13-15-17-18-19-20-21-22-23-24-25-26-27-28-29-30-32-33-35-37-39-41-43-50(53)57-47-49(48-59-61(55,56)58-46-45-52)60-51(54)44-42-40-38-36-34-31-16-14-12-10-8-6-4-2/h6,8,12,14,19-20,31,34,49H,3-5,7,9-11,13,15-18,21-30,32-33,35-48,52H2,1-2H3,(H,55,56)/b8-6-,14-12-,20-19-,34-31-. The van der Waals surface area contributed by atoms with Gasteiger partial charge in [0.2, 0.25) is 0 Å². The first-order valence-corrected chi connectivity index (χ1v) is 26.6. The van der Waals surface area contributed by atoms with Crippen LogP contribution in [0.5, 0.6) is 0 Å². The molecule has 2 atom stereocenters. The number of unbranched alkanes of at least 4 members (excludes halogenated alkanes) is 26. The highest BCUT2D eigenvalue weighted by Crippen LogP contribution is 2.43. The van der Waals surface area contributed by atoms with Crippen molar-refractivity contribution in [3.63, 3.8) is 0 Å². The molecule has 0 aliphatic rings. The SMILES string of the molecule is CC/C=C\C/C=C\C/C=C\CCCCCC(=O)OC(COC(=O)CCCCCCCCCCCCCCCCC/C=C\CCCCCCCCCC)COP(=O)(O)OCCN. The van der Waals surface area contributed by atoms with Gasteiger partial charge in [-0.05, 0) is 70.6 Å². The molecule has 0 bridgehead atoms. The smallest absolute Gasteiger partial charge is 0.462 e. The first-order chi connectivity index (χ1) is 29.8. The van der Waals surface area contributed by atoms with Crippen molar-refractivity contribution in [2.45, 2.75) is 238 Å². The molecule has 0 heterocycles. The van der Waals surface area contributed by atoms with Crippen molar-refractivity contribution in [1.82, 2.24) is 0 Å². The number of allylic oxidation sites excluding steroid dienone is 8. The van der Waals surface area contributed by atoms with Gasteiger partial charge in [-0.2, -0.15) is 0 Å². The lowest BCUT2D eigenvalue weighted by Gasteiger charge is -2.19. The zero-order chi connectivity index (χ0) is 44.6. The van der Waals surface area contributed by atoms with Crippen molar-refractivity contribution in [3.8, 4) is 0 Å². The molecule has 2 unspecified atom stereocenters. The van der Waals surface area contributed by atoms with E-state index in [0.717, 1.165) is 57.8 Å². The second kappa shape index (κ2) is 47.4. The van der Waals surface area contributed by atoms with Crippen molar-refractivity contribution < 1.29 is 37.6 Å². The number of hydrogen-bond acceptors (Lipinski definition) is 8. The van der Waals surface area contributed by atoms with Crippen LogP contribution in [-0.2, 0) is 32.7 Å². The minimum Gasteiger partial charge on any atom is -0.462 e. The average Bonchev–Trinajstić information content (AvgIpc) is 3.25. The number of carbonyl (C=O) groups is 2. The van der Waals surface area contributed by atoms with Crippen molar-refractivity contribution in [2.75, 3.05) is 26.4 Å². The van der Waals surface area contributed by atoms with Gasteiger partial charge >= 0.3 is 19.8 Å². The summed E-state index contributed by atoms with van der Waals surface area (Å²) in [4.78, 5) is 34.9.